The molecule has 41 heavy (non-hydrogen) atoms. The average Bonchev–Trinajstić information content (AvgIpc) is 2.98. The van der Waals surface area contributed by atoms with Gasteiger partial charge in [-0.1, -0.05) is 59.6 Å². The van der Waals surface area contributed by atoms with Crippen LogP contribution in [0, 0.1) is 6.92 Å². The van der Waals surface area contributed by atoms with Gasteiger partial charge in [-0.25, -0.2) is 5.43 Å². The molecule has 4 aromatic rings. The van der Waals surface area contributed by atoms with Crippen LogP contribution in [0.4, 0.5) is 5.69 Å². The topological polar surface area (TPSA) is 98.3 Å². The van der Waals surface area contributed by atoms with Gasteiger partial charge in [-0.05, 0) is 66.6 Å². The van der Waals surface area contributed by atoms with Crippen LogP contribution in [-0.2, 0) is 11.4 Å². The van der Waals surface area contributed by atoms with Gasteiger partial charge in [-0.2, -0.15) is 5.10 Å². The maximum atomic E-state index is 12.7. The first kappa shape index (κ1) is 29.5. The Bertz CT molecular complexity index is 1560. The molecule has 4 aromatic carbocycles. The molecule has 0 saturated heterocycles. The van der Waals surface area contributed by atoms with Crippen LogP contribution >= 0.6 is 23.2 Å². The summed E-state index contributed by atoms with van der Waals surface area (Å²) in [5.74, 6) is 0.433. The van der Waals surface area contributed by atoms with Crippen LogP contribution in [0.15, 0.2) is 90.0 Å². The quantitative estimate of drug-likeness (QED) is 0.150. The van der Waals surface area contributed by atoms with Crippen LogP contribution in [0.3, 0.4) is 0 Å². The summed E-state index contributed by atoms with van der Waals surface area (Å²) in [4.78, 5) is 25.1. The summed E-state index contributed by atoms with van der Waals surface area (Å²) in [6, 6.07) is 24.6. The van der Waals surface area contributed by atoms with Gasteiger partial charge in [0, 0.05) is 26.9 Å². The Hall–Kier alpha value is -4.53. The fourth-order valence-corrected chi connectivity index (χ4v) is 4.01. The van der Waals surface area contributed by atoms with Crippen molar-refractivity contribution in [3.8, 4) is 17.2 Å². The number of ether oxygens (including phenoxy) is 3. The lowest BCUT2D eigenvalue weighted by molar-refractivity contribution is -0.118. The van der Waals surface area contributed by atoms with E-state index in [1.54, 1.807) is 48.5 Å². The number of anilines is 1. The Labute approximate surface area is 247 Å². The number of carbonyl (C=O) groups excluding carboxylic acids is 2. The molecular formula is C31H27Cl2N3O5. The van der Waals surface area contributed by atoms with Gasteiger partial charge in [0.1, 0.15) is 12.4 Å². The number of hydrogen-bond acceptors (Lipinski definition) is 6. The highest BCUT2D eigenvalue weighted by molar-refractivity contribution is 6.31. The van der Waals surface area contributed by atoms with Crippen molar-refractivity contribution in [3.05, 3.63) is 117 Å². The third-order valence-electron chi connectivity index (χ3n) is 5.82. The van der Waals surface area contributed by atoms with Gasteiger partial charge in [-0.3, -0.25) is 9.59 Å². The number of rotatable bonds is 11. The van der Waals surface area contributed by atoms with Crippen molar-refractivity contribution < 1.29 is 23.8 Å². The van der Waals surface area contributed by atoms with Gasteiger partial charge in [0.15, 0.2) is 18.1 Å². The van der Waals surface area contributed by atoms with Crippen molar-refractivity contribution in [1.82, 2.24) is 5.43 Å². The lowest BCUT2D eigenvalue weighted by Crippen LogP contribution is -2.20. The van der Waals surface area contributed by atoms with Gasteiger partial charge in [-0.15, -0.1) is 0 Å². The zero-order valence-corrected chi connectivity index (χ0v) is 23.8. The summed E-state index contributed by atoms with van der Waals surface area (Å²) in [6.07, 6.45) is 1.38. The van der Waals surface area contributed by atoms with Crippen molar-refractivity contribution in [2.24, 2.45) is 5.10 Å². The molecule has 0 atom stereocenters. The van der Waals surface area contributed by atoms with Crippen molar-refractivity contribution in [2.75, 3.05) is 19.0 Å². The maximum absolute atomic E-state index is 12.7. The number of methoxy groups -OCH3 is 1. The van der Waals surface area contributed by atoms with E-state index in [4.69, 9.17) is 37.4 Å². The largest absolute Gasteiger partial charge is 0.493 e. The minimum atomic E-state index is -0.463. The zero-order chi connectivity index (χ0) is 29.2. The summed E-state index contributed by atoms with van der Waals surface area (Å²) < 4.78 is 16.9. The molecule has 0 saturated carbocycles. The third-order valence-corrected chi connectivity index (χ3v) is 6.46. The summed E-state index contributed by atoms with van der Waals surface area (Å²) in [5.41, 5.74) is 5.73. The normalized spacial score (nSPS) is 10.7. The molecule has 0 aliphatic carbocycles. The van der Waals surface area contributed by atoms with E-state index in [1.807, 2.05) is 43.3 Å². The van der Waals surface area contributed by atoms with Crippen LogP contribution in [0.25, 0.3) is 0 Å². The lowest BCUT2D eigenvalue weighted by Gasteiger charge is -2.12. The minimum Gasteiger partial charge on any atom is -0.493 e. The highest BCUT2D eigenvalue weighted by Gasteiger charge is 2.12. The van der Waals surface area contributed by atoms with Crippen LogP contribution < -0.4 is 25.0 Å². The zero-order valence-electron chi connectivity index (χ0n) is 22.3. The summed E-state index contributed by atoms with van der Waals surface area (Å²) in [6.45, 7) is 1.97. The maximum Gasteiger partial charge on any atom is 0.271 e. The first-order valence-electron chi connectivity index (χ1n) is 12.5. The number of nitrogens with one attached hydrogen (secondary N) is 2. The number of halogens is 2. The van der Waals surface area contributed by atoms with Crippen LogP contribution in [0.5, 0.6) is 17.2 Å². The molecule has 2 amide bonds. The first-order valence-corrected chi connectivity index (χ1v) is 13.2. The second-order valence-electron chi connectivity index (χ2n) is 8.82. The molecule has 4 rings (SSSR count). The fraction of sp³-hybridized carbons (Fsp3) is 0.129. The number of hydrazone groups is 1. The molecule has 10 heteroatoms. The SMILES string of the molecule is COc1cc(C(=O)N/N=C/c2cc(Cl)ccc2OCC(=O)Nc2ccc(C)c(Cl)c2)ccc1OCc1ccccc1. The summed E-state index contributed by atoms with van der Waals surface area (Å²) >= 11 is 12.3. The third kappa shape index (κ3) is 8.48. The van der Waals surface area contributed by atoms with E-state index in [0.717, 1.165) is 11.1 Å². The standard InChI is InChI=1S/C31H27Cl2N3O5/c1-20-8-11-25(16-26(20)33)35-30(37)19-41-27-13-10-24(32)14-23(27)17-34-36-31(38)22-9-12-28(29(15-22)39-2)40-18-21-6-4-3-5-7-21/h3-17H,18-19H2,1-2H3,(H,35,37)(H,36,38)/b34-17+. The molecule has 0 spiro atoms. The molecule has 0 fully saturated rings. The molecule has 0 aliphatic rings. The molecule has 0 radical (unpaired) electrons. The monoisotopic (exact) mass is 591 g/mol. The van der Waals surface area contributed by atoms with Gasteiger partial charge < -0.3 is 19.5 Å². The highest BCUT2D eigenvalue weighted by Crippen LogP contribution is 2.29. The van der Waals surface area contributed by atoms with E-state index in [1.165, 1.54) is 13.3 Å². The Kier molecular flexibility index (Phi) is 10.2. The van der Waals surface area contributed by atoms with Crippen LogP contribution in [0.1, 0.15) is 27.0 Å². The molecule has 0 heterocycles. The molecule has 0 aromatic heterocycles. The molecule has 2 N–H and O–H groups in total. The van der Waals surface area contributed by atoms with Crippen LogP contribution in [0.2, 0.25) is 10.0 Å². The van der Waals surface area contributed by atoms with Crippen molar-refractivity contribution in [2.45, 2.75) is 13.5 Å². The molecule has 0 unspecified atom stereocenters. The second-order valence-corrected chi connectivity index (χ2v) is 9.67. The lowest BCUT2D eigenvalue weighted by atomic mass is 10.2. The van der Waals surface area contributed by atoms with E-state index in [0.29, 0.717) is 50.7 Å². The molecular weight excluding hydrogens is 565 g/mol. The fourth-order valence-electron chi connectivity index (χ4n) is 3.65. The Morgan fingerprint density at radius 3 is 2.41 bits per heavy atom. The Balaban J connectivity index is 1.36. The van der Waals surface area contributed by atoms with Crippen LogP contribution in [-0.4, -0.2) is 31.7 Å². The Morgan fingerprint density at radius 1 is 0.878 bits per heavy atom. The predicted molar refractivity (Wildman–Crippen MR) is 161 cm³/mol. The number of nitrogens with zero attached hydrogens (tertiary/aromatic N) is 1. The smallest absolute Gasteiger partial charge is 0.271 e. The molecule has 0 bridgehead atoms. The van der Waals surface area contributed by atoms with E-state index >= 15 is 0 Å². The molecule has 210 valence electrons. The summed E-state index contributed by atoms with van der Waals surface area (Å²) in [7, 11) is 1.50. The Morgan fingerprint density at radius 2 is 1.66 bits per heavy atom. The summed E-state index contributed by atoms with van der Waals surface area (Å²) in [5, 5.41) is 7.75. The predicted octanol–water partition coefficient (Wildman–Crippen LogP) is 6.67. The number of hydrogen-bond donors (Lipinski definition) is 2. The second kappa shape index (κ2) is 14.2. The number of aryl methyl sites for hydroxylation is 1. The highest BCUT2D eigenvalue weighted by atomic mass is 35.5. The van der Waals surface area contributed by atoms with Crippen molar-refractivity contribution >= 4 is 46.9 Å². The number of benzene rings is 4. The van der Waals surface area contributed by atoms with Crippen molar-refractivity contribution in [3.63, 3.8) is 0 Å². The minimum absolute atomic E-state index is 0.265. The van der Waals surface area contributed by atoms with E-state index in [2.05, 4.69) is 15.8 Å². The molecule has 8 nitrogen and oxygen atoms in total. The molecule has 0 aliphatic heterocycles. The van der Waals surface area contributed by atoms with E-state index in [9.17, 15) is 9.59 Å². The van der Waals surface area contributed by atoms with Gasteiger partial charge in [0.05, 0.1) is 13.3 Å². The van der Waals surface area contributed by atoms with Crippen molar-refractivity contribution in [1.29, 1.82) is 0 Å². The average molecular weight is 592 g/mol. The van der Waals surface area contributed by atoms with Gasteiger partial charge >= 0.3 is 0 Å². The first-order chi connectivity index (χ1) is 19.8. The number of carbonyl (C=O) groups is 2. The van der Waals surface area contributed by atoms with E-state index in [-0.39, 0.29) is 12.5 Å². The van der Waals surface area contributed by atoms with Gasteiger partial charge in [0.25, 0.3) is 11.8 Å². The van der Waals surface area contributed by atoms with Gasteiger partial charge in [0.2, 0.25) is 0 Å². The number of amides is 2. The van der Waals surface area contributed by atoms with E-state index < -0.39 is 5.91 Å².